The number of aliphatic hydroxyl groups excluding tert-OH is 1. The highest BCUT2D eigenvalue weighted by atomic mass is 79.9. The van der Waals surface area contributed by atoms with E-state index in [-0.39, 0.29) is 13.2 Å². The third-order valence-corrected chi connectivity index (χ3v) is 3.02. The Bertz CT molecular complexity index is 400. The highest BCUT2D eigenvalue weighted by Gasteiger charge is 2.17. The Balaban J connectivity index is 1.86. The summed E-state index contributed by atoms with van der Waals surface area (Å²) < 4.78 is 0.878. The van der Waals surface area contributed by atoms with E-state index in [0.717, 1.165) is 42.1 Å². The zero-order chi connectivity index (χ0) is 12.8. The summed E-state index contributed by atoms with van der Waals surface area (Å²) in [5.41, 5.74) is 1.02. The molecule has 0 amide bonds. The summed E-state index contributed by atoms with van der Waals surface area (Å²) >= 11 is 3.31. The summed E-state index contributed by atoms with van der Waals surface area (Å²) in [6, 6.07) is 0. The van der Waals surface area contributed by atoms with Crippen molar-refractivity contribution in [2.24, 2.45) is 5.16 Å². The average molecular weight is 315 g/mol. The Kier molecular flexibility index (Phi) is 4.89. The lowest BCUT2D eigenvalue weighted by Crippen LogP contribution is -2.35. The molecule has 0 spiro atoms. The number of aromatic nitrogens is 2. The maximum absolute atomic E-state index is 8.59. The lowest BCUT2D eigenvalue weighted by molar-refractivity contribution is 0.0976. The second-order valence-corrected chi connectivity index (χ2v) is 4.82. The molecular weight excluding hydrogens is 300 g/mol. The number of rotatable bonds is 4. The molecule has 1 N–H and O–H groups in total. The summed E-state index contributed by atoms with van der Waals surface area (Å²) in [7, 11) is 0. The lowest BCUT2D eigenvalue weighted by Gasteiger charge is -2.27. The third-order valence-electron chi connectivity index (χ3n) is 2.61. The number of oxime groups is 1. The number of halogens is 1. The SMILES string of the molecule is OCCON=C1CCN(c2ncc(Br)cn2)CC1. The molecule has 6 nitrogen and oxygen atoms in total. The van der Waals surface area contributed by atoms with Crippen LogP contribution in [0.4, 0.5) is 5.95 Å². The maximum Gasteiger partial charge on any atom is 0.225 e. The molecule has 1 fully saturated rings. The third kappa shape index (κ3) is 3.64. The molecule has 1 aliphatic rings. The van der Waals surface area contributed by atoms with Crippen molar-refractivity contribution in [3.05, 3.63) is 16.9 Å². The summed E-state index contributed by atoms with van der Waals surface area (Å²) in [5, 5.41) is 12.6. The van der Waals surface area contributed by atoms with Gasteiger partial charge in [0.05, 0.1) is 16.8 Å². The minimum absolute atomic E-state index is 0.00433. The Morgan fingerprint density at radius 1 is 1.33 bits per heavy atom. The molecule has 0 bridgehead atoms. The van der Waals surface area contributed by atoms with Crippen LogP contribution in [0.5, 0.6) is 0 Å². The van der Waals surface area contributed by atoms with Gasteiger partial charge in [-0.3, -0.25) is 0 Å². The van der Waals surface area contributed by atoms with E-state index in [1.807, 2.05) is 0 Å². The van der Waals surface area contributed by atoms with Crippen molar-refractivity contribution in [3.8, 4) is 0 Å². The molecule has 1 aromatic heterocycles. The van der Waals surface area contributed by atoms with Crippen LogP contribution in [0.3, 0.4) is 0 Å². The highest BCUT2D eigenvalue weighted by Crippen LogP contribution is 2.15. The van der Waals surface area contributed by atoms with E-state index in [0.29, 0.717) is 0 Å². The first kappa shape index (κ1) is 13.2. The number of nitrogens with zero attached hydrogens (tertiary/aromatic N) is 4. The van der Waals surface area contributed by atoms with Crippen LogP contribution in [0.25, 0.3) is 0 Å². The Hall–Kier alpha value is -1.21. The van der Waals surface area contributed by atoms with Gasteiger partial charge < -0.3 is 14.8 Å². The van der Waals surface area contributed by atoms with Crippen molar-refractivity contribution in [1.29, 1.82) is 0 Å². The van der Waals surface area contributed by atoms with Gasteiger partial charge in [-0.15, -0.1) is 0 Å². The van der Waals surface area contributed by atoms with Crippen LogP contribution in [-0.4, -0.2) is 47.1 Å². The standard InChI is InChI=1S/C11H15BrN4O2/c12-9-7-13-11(14-8-9)16-3-1-10(2-4-16)15-18-6-5-17/h7-8,17H,1-6H2. The van der Waals surface area contributed by atoms with Crippen molar-refractivity contribution in [2.45, 2.75) is 12.8 Å². The van der Waals surface area contributed by atoms with Crippen LogP contribution >= 0.6 is 15.9 Å². The van der Waals surface area contributed by atoms with Gasteiger partial charge in [0.25, 0.3) is 0 Å². The van der Waals surface area contributed by atoms with Gasteiger partial charge in [-0.05, 0) is 15.9 Å². The van der Waals surface area contributed by atoms with Crippen molar-refractivity contribution >= 4 is 27.6 Å². The van der Waals surface area contributed by atoms with E-state index in [1.165, 1.54) is 0 Å². The average Bonchev–Trinajstić information content (AvgIpc) is 2.41. The molecule has 1 saturated heterocycles. The topological polar surface area (TPSA) is 70.8 Å². The quantitative estimate of drug-likeness (QED) is 0.668. The zero-order valence-electron chi connectivity index (χ0n) is 9.92. The van der Waals surface area contributed by atoms with Gasteiger partial charge in [-0.25, -0.2) is 9.97 Å². The zero-order valence-corrected chi connectivity index (χ0v) is 11.5. The van der Waals surface area contributed by atoms with E-state index >= 15 is 0 Å². The van der Waals surface area contributed by atoms with Crippen molar-refractivity contribution in [3.63, 3.8) is 0 Å². The number of anilines is 1. The Labute approximate surface area is 114 Å². The van der Waals surface area contributed by atoms with Gasteiger partial charge >= 0.3 is 0 Å². The van der Waals surface area contributed by atoms with E-state index < -0.39 is 0 Å². The van der Waals surface area contributed by atoms with Crippen LogP contribution in [-0.2, 0) is 4.84 Å². The second-order valence-electron chi connectivity index (χ2n) is 3.90. The summed E-state index contributed by atoms with van der Waals surface area (Å²) in [4.78, 5) is 15.6. The van der Waals surface area contributed by atoms with E-state index in [2.05, 4.69) is 36.0 Å². The van der Waals surface area contributed by atoms with E-state index in [4.69, 9.17) is 9.94 Å². The van der Waals surface area contributed by atoms with Crippen molar-refractivity contribution in [2.75, 3.05) is 31.2 Å². The van der Waals surface area contributed by atoms with Crippen LogP contribution in [0, 0.1) is 0 Å². The van der Waals surface area contributed by atoms with Crippen LogP contribution in [0.15, 0.2) is 22.0 Å². The normalized spacial score (nSPS) is 15.7. The molecule has 98 valence electrons. The Morgan fingerprint density at radius 3 is 2.61 bits per heavy atom. The molecule has 18 heavy (non-hydrogen) atoms. The molecule has 7 heteroatoms. The van der Waals surface area contributed by atoms with Crippen LogP contribution < -0.4 is 4.90 Å². The predicted molar refractivity (Wildman–Crippen MR) is 71.7 cm³/mol. The molecule has 0 radical (unpaired) electrons. The fourth-order valence-electron chi connectivity index (χ4n) is 1.70. The molecule has 0 aliphatic carbocycles. The molecule has 0 aromatic carbocycles. The smallest absolute Gasteiger partial charge is 0.225 e. The first-order valence-corrected chi connectivity index (χ1v) is 6.60. The fourth-order valence-corrected chi connectivity index (χ4v) is 1.91. The fraction of sp³-hybridized carbons (Fsp3) is 0.545. The molecule has 0 saturated carbocycles. The summed E-state index contributed by atoms with van der Waals surface area (Å²) in [6.45, 7) is 1.92. The first-order valence-electron chi connectivity index (χ1n) is 5.80. The molecular formula is C11H15BrN4O2. The monoisotopic (exact) mass is 314 g/mol. The van der Waals surface area contributed by atoms with Gasteiger partial charge in [0, 0.05) is 38.3 Å². The van der Waals surface area contributed by atoms with Crippen molar-refractivity contribution < 1.29 is 9.94 Å². The first-order chi connectivity index (χ1) is 8.79. The minimum Gasteiger partial charge on any atom is -0.393 e. The van der Waals surface area contributed by atoms with E-state index in [1.54, 1.807) is 12.4 Å². The largest absolute Gasteiger partial charge is 0.393 e. The summed E-state index contributed by atoms with van der Waals surface area (Å²) in [6.07, 6.45) is 5.17. The van der Waals surface area contributed by atoms with Gasteiger partial charge in [0.15, 0.2) is 0 Å². The highest BCUT2D eigenvalue weighted by molar-refractivity contribution is 9.10. The molecule has 0 atom stereocenters. The lowest BCUT2D eigenvalue weighted by atomic mass is 10.1. The van der Waals surface area contributed by atoms with Gasteiger partial charge in [0.2, 0.25) is 5.95 Å². The van der Waals surface area contributed by atoms with Crippen molar-refractivity contribution in [1.82, 2.24) is 9.97 Å². The second kappa shape index (κ2) is 6.65. The van der Waals surface area contributed by atoms with Gasteiger partial charge in [-0.1, -0.05) is 5.16 Å². The summed E-state index contributed by atoms with van der Waals surface area (Å²) in [5.74, 6) is 0.744. The predicted octanol–water partition coefficient (Wildman–Crippen LogP) is 1.20. The number of aliphatic hydroxyl groups is 1. The maximum atomic E-state index is 8.59. The minimum atomic E-state index is -0.00433. The number of hydrogen-bond acceptors (Lipinski definition) is 6. The Morgan fingerprint density at radius 2 is 2.00 bits per heavy atom. The van der Waals surface area contributed by atoms with Crippen LogP contribution in [0.2, 0.25) is 0 Å². The molecule has 0 unspecified atom stereocenters. The number of piperidine rings is 1. The van der Waals surface area contributed by atoms with Gasteiger partial charge in [0.1, 0.15) is 6.61 Å². The molecule has 2 rings (SSSR count). The molecule has 1 aromatic rings. The van der Waals surface area contributed by atoms with Gasteiger partial charge in [-0.2, -0.15) is 0 Å². The molecule has 2 heterocycles. The van der Waals surface area contributed by atoms with Crippen LogP contribution in [0.1, 0.15) is 12.8 Å². The molecule has 1 aliphatic heterocycles. The number of hydrogen-bond donors (Lipinski definition) is 1. The van der Waals surface area contributed by atoms with E-state index in [9.17, 15) is 0 Å².